The first-order valence-corrected chi connectivity index (χ1v) is 10.3. The minimum absolute atomic E-state index is 0.00404. The highest BCUT2D eigenvalue weighted by Crippen LogP contribution is 1.97. The average Bonchev–Trinajstić information content (AvgIpc) is 2.68. The molecule has 0 rings (SSSR count). The maximum absolute atomic E-state index is 13.5. The highest BCUT2D eigenvalue weighted by atomic mass is 19.1. The number of hydrogen-bond acceptors (Lipinski definition) is 8. The second kappa shape index (κ2) is 20.3. The van der Waals surface area contributed by atoms with Crippen LogP contribution in [0.1, 0.15) is 27.7 Å². The molecule has 8 nitrogen and oxygen atoms in total. The topological polar surface area (TPSA) is 90.4 Å². The molecule has 0 heterocycles. The van der Waals surface area contributed by atoms with Crippen molar-refractivity contribution in [1.82, 2.24) is 10.6 Å². The van der Waals surface area contributed by atoms with Gasteiger partial charge in [0.15, 0.2) is 5.88 Å². The first kappa shape index (κ1) is 28.0. The van der Waals surface area contributed by atoms with Crippen LogP contribution in [0.5, 0.6) is 0 Å². The first-order chi connectivity index (χ1) is 13.9. The van der Waals surface area contributed by atoms with Gasteiger partial charge in [0.2, 0.25) is 0 Å². The summed E-state index contributed by atoms with van der Waals surface area (Å²) in [6.07, 6.45) is -1.19. The van der Waals surface area contributed by atoms with E-state index in [0.717, 1.165) is 6.54 Å². The molecule has 0 spiro atoms. The van der Waals surface area contributed by atoms with E-state index in [2.05, 4.69) is 24.5 Å². The number of hydrogen-bond donors (Lipinski definition) is 3. The van der Waals surface area contributed by atoms with E-state index in [4.69, 9.17) is 23.7 Å². The van der Waals surface area contributed by atoms with Crippen LogP contribution in [0, 0.1) is 0 Å². The SMILES string of the molecule is CC(C)=C(O)NCC(F)COCCOCCOCCOCCOCCNC(C)C. The molecular weight excluding hydrogens is 383 g/mol. The first-order valence-electron chi connectivity index (χ1n) is 10.3. The number of aliphatic hydroxyl groups excluding tert-OH is 1. The van der Waals surface area contributed by atoms with E-state index in [1.807, 2.05) is 0 Å². The minimum Gasteiger partial charge on any atom is -0.495 e. The summed E-state index contributed by atoms with van der Waals surface area (Å²) in [5.41, 5.74) is 0.708. The fourth-order valence-electron chi connectivity index (χ4n) is 1.95. The third-order valence-corrected chi connectivity index (χ3v) is 3.55. The van der Waals surface area contributed by atoms with Gasteiger partial charge in [-0.3, -0.25) is 0 Å². The van der Waals surface area contributed by atoms with Gasteiger partial charge < -0.3 is 39.4 Å². The molecule has 0 saturated carbocycles. The van der Waals surface area contributed by atoms with Crippen molar-refractivity contribution in [3.05, 3.63) is 11.5 Å². The van der Waals surface area contributed by atoms with Crippen LogP contribution in [0.2, 0.25) is 0 Å². The molecule has 0 amide bonds. The molecule has 0 bridgehead atoms. The number of aliphatic hydroxyl groups is 1. The third-order valence-electron chi connectivity index (χ3n) is 3.55. The number of allylic oxidation sites excluding steroid dienone is 1. The zero-order valence-electron chi connectivity index (χ0n) is 18.5. The number of rotatable bonds is 21. The second-order valence-corrected chi connectivity index (χ2v) is 6.96. The number of ether oxygens (including phenoxy) is 5. The van der Waals surface area contributed by atoms with Gasteiger partial charge in [0.05, 0.1) is 72.6 Å². The molecule has 0 aromatic heterocycles. The predicted molar refractivity (Wildman–Crippen MR) is 111 cm³/mol. The quantitative estimate of drug-likeness (QED) is 0.190. The summed E-state index contributed by atoms with van der Waals surface area (Å²) in [5.74, 6) is 0.00404. The van der Waals surface area contributed by atoms with Crippen molar-refractivity contribution in [3.8, 4) is 0 Å². The van der Waals surface area contributed by atoms with Crippen LogP contribution in [-0.2, 0) is 23.7 Å². The molecule has 0 aromatic carbocycles. The molecule has 29 heavy (non-hydrogen) atoms. The van der Waals surface area contributed by atoms with E-state index in [1.165, 1.54) is 0 Å². The third kappa shape index (κ3) is 21.6. The molecule has 1 unspecified atom stereocenters. The Labute approximate surface area is 175 Å². The van der Waals surface area contributed by atoms with Crippen LogP contribution >= 0.6 is 0 Å². The summed E-state index contributed by atoms with van der Waals surface area (Å²) >= 11 is 0. The normalized spacial score (nSPS) is 12.3. The largest absolute Gasteiger partial charge is 0.495 e. The summed E-state index contributed by atoms with van der Waals surface area (Å²) in [6, 6.07) is 0.474. The van der Waals surface area contributed by atoms with Crippen LogP contribution in [0.15, 0.2) is 11.5 Å². The van der Waals surface area contributed by atoms with E-state index in [9.17, 15) is 9.50 Å². The fourth-order valence-corrected chi connectivity index (χ4v) is 1.95. The Morgan fingerprint density at radius 3 is 1.69 bits per heavy atom. The smallest absolute Gasteiger partial charge is 0.182 e. The van der Waals surface area contributed by atoms with Crippen LogP contribution in [0.3, 0.4) is 0 Å². The highest BCUT2D eigenvalue weighted by Gasteiger charge is 2.07. The van der Waals surface area contributed by atoms with Crippen molar-refractivity contribution in [2.24, 2.45) is 0 Å². The fraction of sp³-hybridized carbons (Fsp3) is 0.900. The monoisotopic (exact) mass is 424 g/mol. The van der Waals surface area contributed by atoms with Crippen molar-refractivity contribution in [3.63, 3.8) is 0 Å². The maximum atomic E-state index is 13.5. The van der Waals surface area contributed by atoms with Crippen molar-refractivity contribution < 1.29 is 33.2 Å². The Morgan fingerprint density at radius 2 is 1.24 bits per heavy atom. The van der Waals surface area contributed by atoms with E-state index in [0.29, 0.717) is 71.1 Å². The molecule has 174 valence electrons. The Bertz CT molecular complexity index is 395. The van der Waals surface area contributed by atoms with Gasteiger partial charge in [0.25, 0.3) is 0 Å². The van der Waals surface area contributed by atoms with E-state index >= 15 is 0 Å². The number of alkyl halides is 1. The van der Waals surface area contributed by atoms with Gasteiger partial charge in [-0.15, -0.1) is 0 Å². The van der Waals surface area contributed by atoms with E-state index in [1.54, 1.807) is 13.8 Å². The molecule has 0 aliphatic carbocycles. The van der Waals surface area contributed by atoms with Crippen molar-refractivity contribution >= 4 is 0 Å². The van der Waals surface area contributed by atoms with Crippen LogP contribution < -0.4 is 10.6 Å². The lowest BCUT2D eigenvalue weighted by Gasteiger charge is -2.12. The molecule has 0 saturated heterocycles. The molecule has 1 atom stereocenters. The van der Waals surface area contributed by atoms with Crippen molar-refractivity contribution in [1.29, 1.82) is 0 Å². The lowest BCUT2D eigenvalue weighted by atomic mass is 10.3. The Morgan fingerprint density at radius 1 is 0.793 bits per heavy atom. The Kier molecular flexibility index (Phi) is 19.6. The van der Waals surface area contributed by atoms with E-state index < -0.39 is 6.17 Å². The van der Waals surface area contributed by atoms with Gasteiger partial charge in [-0.05, 0) is 19.4 Å². The van der Waals surface area contributed by atoms with Gasteiger partial charge in [0.1, 0.15) is 6.17 Å². The Balaban J connectivity index is 3.19. The van der Waals surface area contributed by atoms with Gasteiger partial charge in [-0.25, -0.2) is 4.39 Å². The maximum Gasteiger partial charge on any atom is 0.182 e. The zero-order chi connectivity index (χ0) is 21.7. The molecule has 9 heteroatoms. The van der Waals surface area contributed by atoms with Crippen molar-refractivity contribution in [2.45, 2.75) is 39.9 Å². The summed E-state index contributed by atoms with van der Waals surface area (Å²) in [7, 11) is 0. The average molecular weight is 425 g/mol. The predicted octanol–water partition coefficient (Wildman–Crippen LogP) is 1.80. The standard InChI is InChI=1S/C20H41FN2O6/c1-17(2)20(24)23-15-19(21)16-29-14-13-28-12-11-27-10-9-26-8-7-25-6-5-22-18(3)4/h18-19,22-24H,5-16H2,1-4H3. The summed E-state index contributed by atoms with van der Waals surface area (Å²) in [4.78, 5) is 0. The lowest BCUT2D eigenvalue weighted by Crippen LogP contribution is -2.28. The molecule has 0 aliphatic heterocycles. The molecular formula is C20H41FN2O6. The molecule has 0 aromatic rings. The van der Waals surface area contributed by atoms with Crippen molar-refractivity contribution in [2.75, 3.05) is 79.2 Å². The van der Waals surface area contributed by atoms with Crippen LogP contribution in [0.25, 0.3) is 0 Å². The summed E-state index contributed by atoms with van der Waals surface area (Å²) in [5, 5.41) is 15.3. The molecule has 0 aliphatic rings. The second-order valence-electron chi connectivity index (χ2n) is 6.96. The molecule has 3 N–H and O–H groups in total. The van der Waals surface area contributed by atoms with Gasteiger partial charge in [0, 0.05) is 12.6 Å². The summed E-state index contributed by atoms with van der Waals surface area (Å²) < 4.78 is 40.3. The van der Waals surface area contributed by atoms with Crippen LogP contribution in [-0.4, -0.2) is 96.5 Å². The number of halogens is 1. The van der Waals surface area contributed by atoms with Gasteiger partial charge in [-0.1, -0.05) is 13.8 Å². The minimum atomic E-state index is -1.19. The Hall–Kier alpha value is -0.970. The zero-order valence-corrected chi connectivity index (χ0v) is 18.5. The highest BCUT2D eigenvalue weighted by molar-refractivity contribution is 4.98. The van der Waals surface area contributed by atoms with Gasteiger partial charge >= 0.3 is 0 Å². The summed E-state index contributed by atoms with van der Waals surface area (Å²) in [6.45, 7) is 12.9. The molecule has 0 fully saturated rings. The lowest BCUT2D eigenvalue weighted by molar-refractivity contribution is -0.0146. The van der Waals surface area contributed by atoms with E-state index in [-0.39, 0.29) is 19.0 Å². The molecule has 0 radical (unpaired) electrons. The van der Waals surface area contributed by atoms with Crippen LogP contribution in [0.4, 0.5) is 4.39 Å². The number of nitrogens with one attached hydrogen (secondary N) is 2. The van der Waals surface area contributed by atoms with Gasteiger partial charge in [-0.2, -0.15) is 0 Å².